The van der Waals surface area contributed by atoms with Gasteiger partial charge < -0.3 is 15.2 Å². The molecule has 6 aromatic rings. The lowest BCUT2D eigenvalue weighted by Gasteiger charge is -2.20. The average molecular weight is 569 g/mol. The molecule has 1 unspecified atom stereocenters. The number of nitrogens with one attached hydrogen (secondary N) is 3. The highest BCUT2D eigenvalue weighted by atomic mass is 35.5. The summed E-state index contributed by atoms with van der Waals surface area (Å²) in [6.07, 6.45) is 7.71. The molecule has 10 nitrogen and oxygen atoms in total. The number of aromatic amines is 1. The van der Waals surface area contributed by atoms with E-state index in [1.807, 2.05) is 42.1 Å². The van der Waals surface area contributed by atoms with Gasteiger partial charge in [0.1, 0.15) is 17.6 Å². The number of fused-ring (bicyclic) bond motifs is 1. The molecule has 0 amide bonds. The van der Waals surface area contributed by atoms with Gasteiger partial charge >= 0.3 is 0 Å². The molecule has 0 saturated heterocycles. The fraction of sp³-hybridized carbons (Fsp3) is 0.0714. The van der Waals surface area contributed by atoms with Crippen LogP contribution in [-0.4, -0.2) is 34.9 Å². The Hall–Kier alpha value is -5.41. The maximum absolute atomic E-state index is 13.9. The maximum atomic E-state index is 13.9. The Balaban J connectivity index is 1.44. The van der Waals surface area contributed by atoms with Crippen molar-refractivity contribution in [3.63, 3.8) is 0 Å². The number of nitrogens with zero attached hydrogens (tertiary/aromatic N) is 7. The highest BCUT2D eigenvalue weighted by Crippen LogP contribution is 2.37. The smallest absolute Gasteiger partial charge is 0.249 e. The van der Waals surface area contributed by atoms with E-state index in [1.54, 1.807) is 24.5 Å². The van der Waals surface area contributed by atoms with Crippen LogP contribution in [0.5, 0.6) is 0 Å². The predicted molar refractivity (Wildman–Crippen MR) is 149 cm³/mol. The molecule has 1 atom stereocenters. The van der Waals surface area contributed by atoms with Crippen LogP contribution in [0.1, 0.15) is 22.9 Å². The molecule has 0 aliphatic heterocycles. The van der Waals surface area contributed by atoms with E-state index in [4.69, 9.17) is 11.6 Å². The van der Waals surface area contributed by atoms with Gasteiger partial charge in [0.15, 0.2) is 5.82 Å². The summed E-state index contributed by atoms with van der Waals surface area (Å²) in [5, 5.41) is 28.0. The second kappa shape index (κ2) is 10.6. The van der Waals surface area contributed by atoms with Gasteiger partial charge in [0.25, 0.3) is 0 Å². The molecule has 41 heavy (non-hydrogen) atoms. The van der Waals surface area contributed by atoms with Crippen LogP contribution in [0.25, 0.3) is 22.3 Å². The van der Waals surface area contributed by atoms with Crippen LogP contribution in [0.15, 0.2) is 73.4 Å². The van der Waals surface area contributed by atoms with Crippen LogP contribution >= 0.6 is 11.6 Å². The molecule has 2 aromatic carbocycles. The summed E-state index contributed by atoms with van der Waals surface area (Å²) < 4.78 is 29.2. The standard InChI is InChI=1S/C28H19ClF2N10/c1-41-6-5-33-28(41)16-4-2-3-15(7-16)25(23-14-36-40-39-23)37-18-8-20-24(38-19-10-22(30)27(31)35-13-19)17(11-32)12-34-26(20)21(29)9-18/h2-10,12-14,25,37H,1H3,(H,34,38)(H,36,39,40). The molecule has 0 bridgehead atoms. The summed E-state index contributed by atoms with van der Waals surface area (Å²) in [5.41, 5.74) is 4.03. The van der Waals surface area contributed by atoms with E-state index in [9.17, 15) is 14.0 Å². The van der Waals surface area contributed by atoms with Gasteiger partial charge in [-0.1, -0.05) is 29.8 Å². The topological polar surface area (TPSA) is 133 Å². The van der Waals surface area contributed by atoms with Crippen LogP contribution in [0.4, 0.5) is 25.8 Å². The van der Waals surface area contributed by atoms with Gasteiger partial charge in [0, 0.05) is 48.3 Å². The van der Waals surface area contributed by atoms with Crippen molar-refractivity contribution in [3.8, 4) is 17.5 Å². The number of hydrogen-bond donors (Lipinski definition) is 3. The molecule has 4 aromatic heterocycles. The normalized spacial score (nSPS) is 11.8. The molecule has 13 heteroatoms. The highest BCUT2D eigenvalue weighted by molar-refractivity contribution is 6.36. The summed E-state index contributed by atoms with van der Waals surface area (Å²) in [6, 6.07) is 13.9. The van der Waals surface area contributed by atoms with Crippen molar-refractivity contribution in [3.05, 3.63) is 107 Å². The van der Waals surface area contributed by atoms with Crippen LogP contribution in [0.3, 0.4) is 0 Å². The molecule has 0 radical (unpaired) electrons. The Labute approximate surface area is 236 Å². The van der Waals surface area contributed by atoms with Gasteiger partial charge in [-0.25, -0.2) is 14.4 Å². The second-order valence-electron chi connectivity index (χ2n) is 9.09. The minimum Gasteiger partial charge on any atom is -0.373 e. The number of rotatable bonds is 7. The predicted octanol–water partition coefficient (Wildman–Crippen LogP) is 5.90. The van der Waals surface area contributed by atoms with Crippen LogP contribution in [-0.2, 0) is 7.05 Å². The summed E-state index contributed by atoms with van der Waals surface area (Å²) in [7, 11) is 1.92. The first-order valence-corrected chi connectivity index (χ1v) is 12.6. The van der Waals surface area contributed by atoms with Gasteiger partial charge in [0.05, 0.1) is 45.9 Å². The van der Waals surface area contributed by atoms with E-state index < -0.39 is 17.8 Å². The number of hydrogen-bond acceptors (Lipinski definition) is 8. The molecule has 0 fully saturated rings. The van der Waals surface area contributed by atoms with Gasteiger partial charge in [-0.2, -0.15) is 25.1 Å². The van der Waals surface area contributed by atoms with E-state index >= 15 is 0 Å². The summed E-state index contributed by atoms with van der Waals surface area (Å²) in [4.78, 5) is 12.2. The van der Waals surface area contributed by atoms with Crippen LogP contribution in [0, 0.1) is 23.1 Å². The molecule has 0 saturated carbocycles. The Morgan fingerprint density at radius 3 is 2.66 bits per heavy atom. The van der Waals surface area contributed by atoms with Crippen molar-refractivity contribution in [2.45, 2.75) is 6.04 Å². The highest BCUT2D eigenvalue weighted by Gasteiger charge is 2.20. The zero-order chi connectivity index (χ0) is 28.5. The Morgan fingerprint density at radius 1 is 1.05 bits per heavy atom. The van der Waals surface area contributed by atoms with Crippen molar-refractivity contribution in [2.75, 3.05) is 10.6 Å². The molecule has 0 spiro atoms. The van der Waals surface area contributed by atoms with Crippen LogP contribution < -0.4 is 10.6 Å². The lowest BCUT2D eigenvalue weighted by atomic mass is 10.0. The van der Waals surface area contributed by atoms with Crippen molar-refractivity contribution < 1.29 is 8.78 Å². The number of aromatic nitrogens is 7. The summed E-state index contributed by atoms with van der Waals surface area (Å²) in [5.74, 6) is -1.55. The number of anilines is 3. The lowest BCUT2D eigenvalue weighted by molar-refractivity contribution is 0.480. The van der Waals surface area contributed by atoms with Gasteiger partial charge in [0.2, 0.25) is 5.95 Å². The number of benzene rings is 2. The first-order valence-electron chi connectivity index (χ1n) is 12.2. The van der Waals surface area contributed by atoms with Crippen molar-refractivity contribution in [1.29, 1.82) is 5.26 Å². The zero-order valence-corrected chi connectivity index (χ0v) is 22.0. The third-order valence-electron chi connectivity index (χ3n) is 6.45. The molecule has 6 rings (SSSR count). The third kappa shape index (κ3) is 5.02. The Morgan fingerprint density at radius 2 is 1.93 bits per heavy atom. The number of aryl methyl sites for hydroxylation is 1. The number of nitriles is 1. The number of pyridine rings is 2. The fourth-order valence-corrected chi connectivity index (χ4v) is 4.81. The quantitative estimate of drug-likeness (QED) is 0.203. The number of imidazole rings is 1. The monoisotopic (exact) mass is 568 g/mol. The molecule has 202 valence electrons. The van der Waals surface area contributed by atoms with E-state index in [0.717, 1.165) is 29.2 Å². The molecule has 4 heterocycles. The average Bonchev–Trinajstić information content (AvgIpc) is 3.66. The minimum atomic E-state index is -1.23. The molecule has 3 N–H and O–H groups in total. The van der Waals surface area contributed by atoms with E-state index in [-0.39, 0.29) is 11.3 Å². The SMILES string of the molecule is Cn1ccnc1-c1cccc(C(Nc2cc(Cl)c3ncc(C#N)c(Nc4cnc(F)c(F)c4)c3c2)c2cn[nH]n2)c1. The Kier molecular flexibility index (Phi) is 6.70. The number of H-pyrrole nitrogens is 1. The van der Waals surface area contributed by atoms with Gasteiger partial charge in [-0.05, 0) is 23.8 Å². The van der Waals surface area contributed by atoms with E-state index in [2.05, 4.69) is 47.1 Å². The molecular weight excluding hydrogens is 550 g/mol. The molecule has 0 aliphatic rings. The molecule has 0 aliphatic carbocycles. The van der Waals surface area contributed by atoms with E-state index in [0.29, 0.717) is 33.0 Å². The number of halogens is 3. The Bertz CT molecular complexity index is 1930. The zero-order valence-electron chi connectivity index (χ0n) is 21.3. The largest absolute Gasteiger partial charge is 0.373 e. The van der Waals surface area contributed by atoms with Crippen molar-refractivity contribution in [1.82, 2.24) is 34.9 Å². The summed E-state index contributed by atoms with van der Waals surface area (Å²) in [6.45, 7) is 0. The maximum Gasteiger partial charge on any atom is 0.249 e. The summed E-state index contributed by atoms with van der Waals surface area (Å²) >= 11 is 6.66. The first kappa shape index (κ1) is 25.8. The van der Waals surface area contributed by atoms with Gasteiger partial charge in [-0.15, -0.1) is 0 Å². The first-order chi connectivity index (χ1) is 19.9. The molecular formula is C28H19ClF2N10. The van der Waals surface area contributed by atoms with Crippen molar-refractivity contribution in [2.24, 2.45) is 7.05 Å². The fourth-order valence-electron chi connectivity index (χ4n) is 4.54. The minimum absolute atomic E-state index is 0.147. The van der Waals surface area contributed by atoms with Gasteiger partial charge in [-0.3, -0.25) is 4.98 Å². The van der Waals surface area contributed by atoms with Crippen molar-refractivity contribution >= 4 is 39.6 Å². The second-order valence-corrected chi connectivity index (χ2v) is 9.50. The third-order valence-corrected chi connectivity index (χ3v) is 6.74. The van der Waals surface area contributed by atoms with E-state index in [1.165, 1.54) is 6.20 Å². The lowest BCUT2D eigenvalue weighted by Crippen LogP contribution is -2.13. The van der Waals surface area contributed by atoms with Crippen LogP contribution in [0.2, 0.25) is 5.02 Å².